The third-order valence-electron chi connectivity index (χ3n) is 4.16. The number of nitrogens with two attached hydrogens (primary N) is 1. The molecule has 15 heavy (non-hydrogen) atoms. The molecule has 1 saturated carbocycles. The molecule has 0 aromatic rings. The van der Waals surface area contributed by atoms with Gasteiger partial charge in [0, 0.05) is 18.6 Å². The van der Waals surface area contributed by atoms with Gasteiger partial charge in [-0.05, 0) is 38.6 Å². The summed E-state index contributed by atoms with van der Waals surface area (Å²) >= 11 is 0. The highest BCUT2D eigenvalue weighted by atomic mass is 16.3. The van der Waals surface area contributed by atoms with Crippen LogP contribution in [-0.2, 0) is 0 Å². The van der Waals surface area contributed by atoms with Crippen molar-refractivity contribution in [1.82, 2.24) is 4.90 Å². The fraction of sp³-hybridized carbons (Fsp3) is 1.00. The maximum absolute atomic E-state index is 10.0. The Labute approximate surface area is 92.6 Å². The van der Waals surface area contributed by atoms with Gasteiger partial charge in [0.05, 0.1) is 6.10 Å². The largest absolute Gasteiger partial charge is 0.391 e. The van der Waals surface area contributed by atoms with Crippen LogP contribution in [0.25, 0.3) is 0 Å². The van der Waals surface area contributed by atoms with Crippen molar-refractivity contribution in [2.75, 3.05) is 13.1 Å². The van der Waals surface area contributed by atoms with E-state index >= 15 is 0 Å². The Kier molecular flexibility index (Phi) is 3.65. The van der Waals surface area contributed by atoms with Gasteiger partial charge < -0.3 is 10.8 Å². The van der Waals surface area contributed by atoms with Gasteiger partial charge in [0.2, 0.25) is 0 Å². The summed E-state index contributed by atoms with van der Waals surface area (Å²) in [6.45, 7) is 4.17. The summed E-state index contributed by atoms with van der Waals surface area (Å²) in [6.07, 6.45) is 5.74. The van der Waals surface area contributed by atoms with Gasteiger partial charge in [-0.1, -0.05) is 12.8 Å². The number of likely N-dealkylation sites (tertiary alicyclic amines) is 1. The Morgan fingerprint density at radius 1 is 1.33 bits per heavy atom. The van der Waals surface area contributed by atoms with Crippen LogP contribution in [0, 0.1) is 5.92 Å². The summed E-state index contributed by atoms with van der Waals surface area (Å²) in [6, 6.07) is 1.02. The molecule has 0 spiro atoms. The van der Waals surface area contributed by atoms with Crippen molar-refractivity contribution in [2.24, 2.45) is 11.7 Å². The van der Waals surface area contributed by atoms with E-state index < -0.39 is 0 Å². The van der Waals surface area contributed by atoms with Crippen molar-refractivity contribution in [2.45, 2.75) is 57.2 Å². The number of rotatable bonds is 2. The topological polar surface area (TPSA) is 49.5 Å². The number of aliphatic hydroxyl groups excluding tert-OH is 1. The van der Waals surface area contributed by atoms with Gasteiger partial charge >= 0.3 is 0 Å². The maximum atomic E-state index is 10.0. The van der Waals surface area contributed by atoms with Crippen LogP contribution in [0.2, 0.25) is 0 Å². The Balaban J connectivity index is 1.97. The molecule has 3 nitrogen and oxygen atoms in total. The van der Waals surface area contributed by atoms with Crippen molar-refractivity contribution < 1.29 is 5.11 Å². The molecule has 0 amide bonds. The molecule has 4 atom stereocenters. The van der Waals surface area contributed by atoms with Crippen LogP contribution in [0.1, 0.15) is 39.0 Å². The first-order chi connectivity index (χ1) is 7.22. The standard InChI is InChI=1S/C12H24N2O/c1-9-6-10(7-13)8-14(9)11-4-2-3-5-12(11)15/h9-12,15H,2-8,13H2,1H3. The lowest BCUT2D eigenvalue weighted by Gasteiger charge is -2.37. The molecule has 0 aromatic carbocycles. The van der Waals surface area contributed by atoms with Gasteiger partial charge in [0.25, 0.3) is 0 Å². The molecule has 1 heterocycles. The first-order valence-corrected chi connectivity index (χ1v) is 6.36. The first-order valence-electron chi connectivity index (χ1n) is 6.36. The maximum Gasteiger partial charge on any atom is 0.0695 e. The molecule has 0 bridgehead atoms. The fourth-order valence-corrected chi connectivity index (χ4v) is 3.28. The van der Waals surface area contributed by atoms with Gasteiger partial charge in [0.1, 0.15) is 0 Å². The summed E-state index contributed by atoms with van der Waals surface area (Å²) < 4.78 is 0. The van der Waals surface area contributed by atoms with E-state index in [1.807, 2.05) is 0 Å². The Hall–Kier alpha value is -0.120. The average molecular weight is 212 g/mol. The zero-order chi connectivity index (χ0) is 10.8. The molecule has 2 fully saturated rings. The molecular formula is C12H24N2O. The number of hydrogen-bond acceptors (Lipinski definition) is 3. The molecule has 2 aliphatic rings. The van der Waals surface area contributed by atoms with Crippen LogP contribution in [0.5, 0.6) is 0 Å². The number of hydrogen-bond donors (Lipinski definition) is 2. The smallest absolute Gasteiger partial charge is 0.0695 e. The number of nitrogens with zero attached hydrogens (tertiary/aromatic N) is 1. The van der Waals surface area contributed by atoms with E-state index in [0.29, 0.717) is 18.0 Å². The minimum atomic E-state index is -0.0993. The zero-order valence-corrected chi connectivity index (χ0v) is 9.73. The second-order valence-electron chi connectivity index (χ2n) is 5.30. The Morgan fingerprint density at radius 2 is 2.07 bits per heavy atom. The van der Waals surface area contributed by atoms with E-state index in [2.05, 4.69) is 11.8 Å². The van der Waals surface area contributed by atoms with E-state index in [1.54, 1.807) is 0 Å². The molecule has 2 rings (SSSR count). The van der Waals surface area contributed by atoms with E-state index in [0.717, 1.165) is 19.5 Å². The lowest BCUT2D eigenvalue weighted by Crippen LogP contribution is -2.47. The SMILES string of the molecule is CC1CC(CN)CN1C1CCCCC1O. The van der Waals surface area contributed by atoms with E-state index in [-0.39, 0.29) is 6.10 Å². The summed E-state index contributed by atoms with van der Waals surface area (Å²) in [4.78, 5) is 2.50. The predicted molar refractivity (Wildman–Crippen MR) is 61.6 cm³/mol. The van der Waals surface area contributed by atoms with Crippen molar-refractivity contribution >= 4 is 0 Å². The van der Waals surface area contributed by atoms with Crippen molar-refractivity contribution in [3.8, 4) is 0 Å². The minimum absolute atomic E-state index is 0.0993. The fourth-order valence-electron chi connectivity index (χ4n) is 3.28. The molecule has 0 aromatic heterocycles. The molecule has 3 N–H and O–H groups in total. The summed E-state index contributed by atoms with van der Waals surface area (Å²) in [5.41, 5.74) is 5.73. The molecule has 88 valence electrons. The van der Waals surface area contributed by atoms with Gasteiger partial charge in [-0.25, -0.2) is 0 Å². The predicted octanol–water partition coefficient (Wildman–Crippen LogP) is 0.959. The van der Waals surface area contributed by atoms with Crippen LogP contribution >= 0.6 is 0 Å². The Bertz CT molecular complexity index is 210. The third kappa shape index (κ3) is 2.35. The molecule has 4 unspecified atom stereocenters. The molecule has 1 aliphatic heterocycles. The highest BCUT2D eigenvalue weighted by molar-refractivity contribution is 4.92. The summed E-state index contributed by atoms with van der Waals surface area (Å²) in [5.74, 6) is 0.647. The van der Waals surface area contributed by atoms with E-state index in [9.17, 15) is 5.11 Å². The zero-order valence-electron chi connectivity index (χ0n) is 9.73. The monoisotopic (exact) mass is 212 g/mol. The average Bonchev–Trinajstić information content (AvgIpc) is 2.60. The molecular weight excluding hydrogens is 188 g/mol. The lowest BCUT2D eigenvalue weighted by molar-refractivity contribution is 0.0154. The van der Waals surface area contributed by atoms with E-state index in [4.69, 9.17) is 5.73 Å². The highest BCUT2D eigenvalue weighted by Gasteiger charge is 2.37. The summed E-state index contributed by atoms with van der Waals surface area (Å²) in [7, 11) is 0. The van der Waals surface area contributed by atoms with Gasteiger partial charge in [-0.2, -0.15) is 0 Å². The van der Waals surface area contributed by atoms with E-state index in [1.165, 1.54) is 25.7 Å². The second-order valence-corrected chi connectivity index (χ2v) is 5.30. The van der Waals surface area contributed by atoms with Crippen molar-refractivity contribution in [1.29, 1.82) is 0 Å². The van der Waals surface area contributed by atoms with Gasteiger partial charge in [-0.3, -0.25) is 4.90 Å². The van der Waals surface area contributed by atoms with Crippen LogP contribution in [0.4, 0.5) is 0 Å². The minimum Gasteiger partial charge on any atom is -0.391 e. The molecule has 1 saturated heterocycles. The molecule has 1 aliphatic carbocycles. The normalized spacial score (nSPS) is 43.4. The quantitative estimate of drug-likeness (QED) is 0.717. The molecule has 3 heteroatoms. The first kappa shape index (κ1) is 11.4. The van der Waals surface area contributed by atoms with Gasteiger partial charge in [0.15, 0.2) is 0 Å². The third-order valence-corrected chi connectivity index (χ3v) is 4.16. The van der Waals surface area contributed by atoms with Crippen LogP contribution in [-0.4, -0.2) is 41.3 Å². The van der Waals surface area contributed by atoms with Crippen molar-refractivity contribution in [3.05, 3.63) is 0 Å². The molecule has 0 radical (unpaired) electrons. The number of aliphatic hydroxyl groups is 1. The van der Waals surface area contributed by atoms with Crippen LogP contribution < -0.4 is 5.73 Å². The van der Waals surface area contributed by atoms with Crippen LogP contribution in [0.15, 0.2) is 0 Å². The Morgan fingerprint density at radius 3 is 2.67 bits per heavy atom. The van der Waals surface area contributed by atoms with Crippen LogP contribution in [0.3, 0.4) is 0 Å². The highest BCUT2D eigenvalue weighted by Crippen LogP contribution is 2.31. The van der Waals surface area contributed by atoms with Crippen molar-refractivity contribution in [3.63, 3.8) is 0 Å². The summed E-state index contributed by atoms with van der Waals surface area (Å²) in [5, 5.41) is 10.0. The lowest BCUT2D eigenvalue weighted by atomic mass is 9.91. The second kappa shape index (κ2) is 4.81. The van der Waals surface area contributed by atoms with Gasteiger partial charge in [-0.15, -0.1) is 0 Å².